The summed E-state index contributed by atoms with van der Waals surface area (Å²) in [4.78, 5) is 12.5. The first-order valence-corrected chi connectivity index (χ1v) is 18.8. The summed E-state index contributed by atoms with van der Waals surface area (Å²) in [6.07, 6.45) is -2.23. The van der Waals surface area contributed by atoms with E-state index in [1.165, 1.54) is 27.9 Å². The van der Waals surface area contributed by atoms with Gasteiger partial charge in [-0.2, -0.15) is 0 Å². The minimum atomic E-state index is -2.35. The van der Waals surface area contributed by atoms with Crippen LogP contribution in [-0.2, 0) is 20.7 Å². The molecule has 4 bridgehead atoms. The summed E-state index contributed by atoms with van der Waals surface area (Å²) in [7, 11) is 2.88. The molecule has 3 heterocycles. The van der Waals surface area contributed by atoms with E-state index in [1.54, 1.807) is 19.1 Å². The molecule has 262 valence electrons. The molecule has 1 aromatic carbocycles. The highest BCUT2D eigenvalue weighted by Crippen LogP contribution is 2.61. The normalized spacial score (nSPS) is 37.8. The minimum absolute atomic E-state index is 0.00460. The third-order valence-corrected chi connectivity index (χ3v) is 12.9. The molecule has 4 aliphatic rings. The Morgan fingerprint density at radius 1 is 1.15 bits per heavy atom. The van der Waals surface area contributed by atoms with Crippen LogP contribution in [0.15, 0.2) is 22.8 Å². The largest absolute Gasteiger partial charge is 0.485 e. The molecule has 1 saturated heterocycles. The van der Waals surface area contributed by atoms with Gasteiger partial charge in [-0.3, -0.25) is 4.79 Å². The fourth-order valence-electron chi connectivity index (χ4n) is 8.05. The van der Waals surface area contributed by atoms with Crippen molar-refractivity contribution in [1.82, 2.24) is 5.32 Å². The van der Waals surface area contributed by atoms with E-state index >= 15 is 0 Å². The first-order valence-electron chi connectivity index (χ1n) is 16.3. The second-order valence-corrected chi connectivity index (χ2v) is 15.5. The van der Waals surface area contributed by atoms with Crippen molar-refractivity contribution in [3.63, 3.8) is 0 Å². The maximum absolute atomic E-state index is 12.8. The third-order valence-electron chi connectivity index (χ3n) is 10.4. The van der Waals surface area contributed by atoms with Gasteiger partial charge in [-0.05, 0) is 56.2 Å². The number of hydrogen-bond donors (Lipinski definition) is 7. The monoisotopic (exact) mass is 699 g/mol. The topological polar surface area (TPSA) is 201 Å². The van der Waals surface area contributed by atoms with Gasteiger partial charge in [0.25, 0.3) is 0 Å². The minimum Gasteiger partial charge on any atom is -0.485 e. The smallest absolute Gasteiger partial charge is 0.306 e. The number of fused-ring (bicyclic) bond motifs is 11. The lowest BCUT2D eigenvalue weighted by atomic mass is 9.49. The van der Waals surface area contributed by atoms with Gasteiger partial charge in [0, 0.05) is 54.8 Å². The molecule has 0 amide bonds. The maximum Gasteiger partial charge on any atom is 0.306 e. The molecule has 2 aliphatic heterocycles. The Labute approximate surface area is 280 Å². The number of aliphatic hydroxyl groups excluding tert-OH is 4. The van der Waals surface area contributed by atoms with E-state index in [-0.39, 0.29) is 49.7 Å². The molecule has 47 heavy (non-hydrogen) atoms. The van der Waals surface area contributed by atoms with E-state index < -0.39 is 72.2 Å². The van der Waals surface area contributed by atoms with Gasteiger partial charge in [-0.1, -0.05) is 21.6 Å². The van der Waals surface area contributed by atoms with Crippen LogP contribution in [0.25, 0.3) is 11.0 Å². The zero-order valence-electron chi connectivity index (χ0n) is 26.3. The molecule has 0 radical (unpaired) electrons. The molecular weight excluding hydrogens is 654 g/mol. The van der Waals surface area contributed by atoms with Crippen LogP contribution in [0.1, 0.15) is 38.2 Å². The molecule has 7 N–H and O–H groups in total. The van der Waals surface area contributed by atoms with Gasteiger partial charge in [-0.25, -0.2) is 0 Å². The number of ether oxygens (including phenoxy) is 4. The van der Waals surface area contributed by atoms with Crippen LogP contribution in [0.4, 0.5) is 0 Å². The molecule has 2 saturated carbocycles. The number of aryl methyl sites for hydroxylation is 1. The lowest BCUT2D eigenvalue weighted by Gasteiger charge is -2.67. The van der Waals surface area contributed by atoms with E-state index in [1.807, 2.05) is 0 Å². The van der Waals surface area contributed by atoms with Crippen LogP contribution in [0.3, 0.4) is 0 Å². The summed E-state index contributed by atoms with van der Waals surface area (Å²) in [6.45, 7) is 2.12. The first kappa shape index (κ1) is 35.1. The quantitative estimate of drug-likeness (QED) is 0.166. The predicted molar refractivity (Wildman–Crippen MR) is 173 cm³/mol. The highest BCUT2D eigenvalue weighted by molar-refractivity contribution is 8.76. The highest BCUT2D eigenvalue weighted by atomic mass is 33.1. The van der Waals surface area contributed by atoms with Gasteiger partial charge in [0.2, 0.25) is 12.0 Å². The van der Waals surface area contributed by atoms with Gasteiger partial charge in [0.05, 0.1) is 25.6 Å². The van der Waals surface area contributed by atoms with Gasteiger partial charge < -0.3 is 59.3 Å². The van der Waals surface area contributed by atoms with Crippen LogP contribution in [-0.4, -0.2) is 123 Å². The van der Waals surface area contributed by atoms with Crippen LogP contribution < -0.4 is 14.8 Å². The van der Waals surface area contributed by atoms with Crippen molar-refractivity contribution in [3.05, 3.63) is 24.0 Å². The van der Waals surface area contributed by atoms with Crippen LogP contribution in [0, 0.1) is 17.8 Å². The van der Waals surface area contributed by atoms with Gasteiger partial charge in [0.1, 0.15) is 23.9 Å². The summed E-state index contributed by atoms with van der Waals surface area (Å²) in [6, 6.07) is 3.53. The Kier molecular flexibility index (Phi) is 10.6. The lowest BCUT2D eigenvalue weighted by molar-refractivity contribution is -0.421. The van der Waals surface area contributed by atoms with E-state index in [0.29, 0.717) is 48.2 Å². The Hall–Kier alpha value is -1.79. The maximum atomic E-state index is 12.8. The van der Waals surface area contributed by atoms with Gasteiger partial charge >= 0.3 is 5.97 Å². The summed E-state index contributed by atoms with van der Waals surface area (Å²) < 4.78 is 30.5. The van der Waals surface area contributed by atoms with E-state index in [4.69, 9.17) is 23.4 Å². The molecule has 2 aliphatic carbocycles. The van der Waals surface area contributed by atoms with Crippen molar-refractivity contribution in [2.45, 2.75) is 74.3 Å². The molecule has 6 rings (SSSR count). The SMILES string of the molecule is CCOC(=O)CCc1cc2ccoc2c2c1OC1OC(CO)(CSSCCNCCO2)C2(O)CC3CCC(O)C(CO)C3C1(O)C2O. The zero-order valence-corrected chi connectivity index (χ0v) is 28.0. The van der Waals surface area contributed by atoms with Crippen LogP contribution in [0.5, 0.6) is 11.5 Å². The van der Waals surface area contributed by atoms with Crippen LogP contribution in [0.2, 0.25) is 0 Å². The van der Waals surface area contributed by atoms with Gasteiger partial charge in [0.15, 0.2) is 16.9 Å². The molecule has 15 heteroatoms. The average Bonchev–Trinajstić information content (AvgIpc) is 3.52. The first-order chi connectivity index (χ1) is 22.6. The summed E-state index contributed by atoms with van der Waals surface area (Å²) in [5, 5.41) is 73.7. The van der Waals surface area contributed by atoms with Crippen molar-refractivity contribution < 1.29 is 58.8 Å². The highest BCUT2D eigenvalue weighted by Gasteiger charge is 2.77. The van der Waals surface area contributed by atoms with E-state index in [9.17, 15) is 35.4 Å². The standard InChI is InChI=1S/C32H45NO12S2/c1-2-41-23(37)6-4-18-13-19-7-10-42-25(19)27-26(18)44-29-32(40)24-20(3-5-22(36)21(24)15-34)14-31(39,28(32)38)30(16-35,45-29)17-47-46-12-9-33-8-11-43-27/h7,10,13,20-22,24,28-29,33-36,38-40H,2-6,8-9,11-12,14-17H2,1H3. The summed E-state index contributed by atoms with van der Waals surface area (Å²) >= 11 is 0. The molecule has 1 aromatic heterocycles. The van der Waals surface area contributed by atoms with Crippen molar-refractivity contribution in [1.29, 1.82) is 0 Å². The number of esters is 1. The van der Waals surface area contributed by atoms with Crippen molar-refractivity contribution in [2.24, 2.45) is 17.8 Å². The number of rotatable bonds is 6. The van der Waals surface area contributed by atoms with E-state index in [0.717, 1.165) is 0 Å². The number of nitrogens with one attached hydrogen (secondary N) is 1. The number of aliphatic hydroxyl groups is 6. The number of benzene rings is 1. The van der Waals surface area contributed by atoms with Crippen molar-refractivity contribution >= 4 is 38.5 Å². The number of carbonyl (C=O) groups excluding carboxylic acids is 1. The molecule has 9 unspecified atom stereocenters. The Morgan fingerprint density at radius 3 is 2.74 bits per heavy atom. The fraction of sp³-hybridized carbons (Fsp3) is 0.719. The second-order valence-electron chi connectivity index (χ2n) is 12.9. The van der Waals surface area contributed by atoms with Gasteiger partial charge in [-0.15, -0.1) is 0 Å². The van der Waals surface area contributed by atoms with Crippen molar-refractivity contribution in [3.8, 4) is 11.5 Å². The Morgan fingerprint density at radius 2 is 1.98 bits per heavy atom. The molecular formula is C32H45NO12S2. The second kappa shape index (κ2) is 14.2. The lowest BCUT2D eigenvalue weighted by Crippen LogP contribution is -2.85. The number of furan rings is 1. The predicted octanol–water partition coefficient (Wildman–Crippen LogP) is 0.981. The Bertz CT molecular complexity index is 1410. The fourth-order valence-corrected chi connectivity index (χ4v) is 10.5. The van der Waals surface area contributed by atoms with E-state index in [2.05, 4.69) is 5.32 Å². The molecule has 2 aromatic rings. The number of hydrogen-bond acceptors (Lipinski definition) is 15. The summed E-state index contributed by atoms with van der Waals surface area (Å²) in [5.41, 5.74) is -5.36. The number of carbonyl (C=O) groups is 1. The third kappa shape index (κ3) is 6.04. The Balaban J connectivity index is 1.53. The average molecular weight is 700 g/mol. The zero-order chi connectivity index (χ0) is 33.4. The summed E-state index contributed by atoms with van der Waals surface area (Å²) in [5.74, 6) is -1.65. The van der Waals surface area contributed by atoms with Crippen LogP contribution >= 0.6 is 21.6 Å². The molecule has 9 atom stereocenters. The molecule has 3 fully saturated rings. The molecule has 0 spiro atoms. The van der Waals surface area contributed by atoms with Crippen molar-refractivity contribution in [2.75, 3.05) is 51.0 Å². The molecule has 13 nitrogen and oxygen atoms in total.